The van der Waals surface area contributed by atoms with Crippen molar-refractivity contribution in [2.45, 2.75) is 25.4 Å². The second kappa shape index (κ2) is 5.62. The Balaban J connectivity index is 1.61. The molecule has 146 valence electrons. The SMILES string of the molecule is C=C1c2ncc(F)cc2[C@H]2[C@@H]3C[C@@H]3CN2c2ccn3ncc(c3n2)C(=O)N[C@@H]1C. The van der Waals surface area contributed by atoms with E-state index in [1.165, 1.54) is 12.4 Å². The summed E-state index contributed by atoms with van der Waals surface area (Å²) in [5.74, 6) is 1.13. The van der Waals surface area contributed by atoms with Gasteiger partial charge in [0.15, 0.2) is 5.65 Å². The van der Waals surface area contributed by atoms with Crippen molar-refractivity contribution in [3.63, 3.8) is 0 Å². The van der Waals surface area contributed by atoms with Crippen LogP contribution in [0, 0.1) is 17.7 Å². The number of amides is 1. The Kier molecular flexibility index (Phi) is 3.23. The van der Waals surface area contributed by atoms with Gasteiger partial charge in [0.25, 0.3) is 5.91 Å². The summed E-state index contributed by atoms with van der Waals surface area (Å²) in [7, 11) is 0. The Hall–Kier alpha value is -3.29. The van der Waals surface area contributed by atoms with E-state index in [0.29, 0.717) is 34.3 Å². The molecule has 1 aliphatic carbocycles. The number of rotatable bonds is 0. The molecule has 2 aliphatic heterocycles. The lowest BCUT2D eigenvalue weighted by Crippen LogP contribution is -2.35. The van der Waals surface area contributed by atoms with E-state index < -0.39 is 0 Å². The van der Waals surface area contributed by atoms with Gasteiger partial charge >= 0.3 is 0 Å². The Bertz CT molecular complexity index is 1200. The van der Waals surface area contributed by atoms with Crippen molar-refractivity contribution in [2.24, 2.45) is 11.8 Å². The molecule has 0 aromatic carbocycles. The molecule has 3 aliphatic rings. The zero-order valence-corrected chi connectivity index (χ0v) is 15.8. The van der Waals surface area contributed by atoms with Crippen LogP contribution in [0.25, 0.3) is 11.2 Å². The van der Waals surface area contributed by atoms with Crippen LogP contribution in [0.2, 0.25) is 0 Å². The maximum atomic E-state index is 14.2. The maximum absolute atomic E-state index is 14.2. The number of piperidine rings is 1. The number of hydrogen-bond donors (Lipinski definition) is 1. The van der Waals surface area contributed by atoms with Crippen LogP contribution < -0.4 is 10.2 Å². The average molecular weight is 390 g/mol. The minimum Gasteiger partial charge on any atom is -0.349 e. The number of carbonyl (C=O) groups is 1. The molecule has 0 spiro atoms. The third-order valence-electron chi connectivity index (χ3n) is 6.42. The van der Waals surface area contributed by atoms with Crippen molar-refractivity contribution in [1.82, 2.24) is 24.9 Å². The lowest BCUT2D eigenvalue weighted by molar-refractivity contribution is 0.0949. The highest BCUT2D eigenvalue weighted by atomic mass is 19.1. The van der Waals surface area contributed by atoms with Crippen LogP contribution in [0.4, 0.5) is 10.2 Å². The van der Waals surface area contributed by atoms with Gasteiger partial charge in [0.1, 0.15) is 17.2 Å². The van der Waals surface area contributed by atoms with E-state index in [2.05, 4.69) is 26.9 Å². The lowest BCUT2D eigenvalue weighted by Gasteiger charge is -2.31. The Labute approximate surface area is 166 Å². The first-order valence-electron chi connectivity index (χ1n) is 9.78. The van der Waals surface area contributed by atoms with Crippen molar-refractivity contribution in [3.8, 4) is 0 Å². The van der Waals surface area contributed by atoms with E-state index in [1.807, 2.05) is 19.2 Å². The molecule has 7 nitrogen and oxygen atoms in total. The second-order valence-electron chi connectivity index (χ2n) is 8.18. The molecule has 1 N–H and O–H groups in total. The number of halogens is 1. The molecule has 2 fully saturated rings. The van der Waals surface area contributed by atoms with Crippen LogP contribution >= 0.6 is 0 Å². The monoisotopic (exact) mass is 390 g/mol. The summed E-state index contributed by atoms with van der Waals surface area (Å²) in [5.41, 5.74) is 3.06. The molecule has 3 aromatic rings. The molecular formula is C21H19FN6O. The van der Waals surface area contributed by atoms with E-state index in [9.17, 15) is 9.18 Å². The lowest BCUT2D eigenvalue weighted by atomic mass is 9.94. The Morgan fingerprint density at radius 1 is 1.34 bits per heavy atom. The molecular weight excluding hydrogens is 371 g/mol. The van der Waals surface area contributed by atoms with Gasteiger partial charge in [-0.2, -0.15) is 5.10 Å². The van der Waals surface area contributed by atoms with E-state index in [4.69, 9.17) is 4.98 Å². The standard InChI is InChI=1S/C21H19FN6O/c1-10-11(2)25-21(29)16-8-24-28-4-3-17(26-20(16)28)27-9-12-5-14(12)19(27)15-6-13(22)7-23-18(10)15/h3-4,6-8,11-12,14,19H,1,5,9H2,2H3,(H,25,29)/t11-,12-,14-,19-/m1/s1. The number of fused-ring (bicyclic) bond motifs is 7. The minimum atomic E-state index is -0.373. The normalized spacial score (nSPS) is 27.7. The smallest absolute Gasteiger partial charge is 0.257 e. The summed E-state index contributed by atoms with van der Waals surface area (Å²) in [6.07, 6.45) is 5.68. The van der Waals surface area contributed by atoms with Gasteiger partial charge in [0.2, 0.25) is 0 Å². The van der Waals surface area contributed by atoms with Crippen molar-refractivity contribution in [2.75, 3.05) is 11.4 Å². The topological polar surface area (TPSA) is 75.4 Å². The third kappa shape index (κ3) is 2.35. The zero-order chi connectivity index (χ0) is 19.9. The van der Waals surface area contributed by atoms with E-state index in [-0.39, 0.29) is 23.8 Å². The van der Waals surface area contributed by atoms with Gasteiger partial charge in [0, 0.05) is 18.3 Å². The van der Waals surface area contributed by atoms with Crippen LogP contribution in [0.15, 0.2) is 37.3 Å². The molecule has 1 saturated heterocycles. The molecule has 1 amide bonds. The van der Waals surface area contributed by atoms with E-state index >= 15 is 0 Å². The summed E-state index contributed by atoms with van der Waals surface area (Å²) < 4.78 is 15.8. The highest BCUT2D eigenvalue weighted by molar-refractivity contribution is 6.00. The van der Waals surface area contributed by atoms with Crippen LogP contribution in [0.5, 0.6) is 0 Å². The quantitative estimate of drug-likeness (QED) is 0.639. The molecule has 6 rings (SSSR count). The number of nitrogens with zero attached hydrogens (tertiary/aromatic N) is 5. The van der Waals surface area contributed by atoms with Crippen molar-refractivity contribution >= 4 is 22.9 Å². The summed E-state index contributed by atoms with van der Waals surface area (Å²) in [6.45, 7) is 6.90. The zero-order valence-electron chi connectivity index (χ0n) is 15.8. The first-order valence-corrected chi connectivity index (χ1v) is 9.78. The largest absolute Gasteiger partial charge is 0.349 e. The number of anilines is 1. The predicted octanol–water partition coefficient (Wildman–Crippen LogP) is 2.61. The predicted molar refractivity (Wildman–Crippen MR) is 105 cm³/mol. The summed E-state index contributed by atoms with van der Waals surface area (Å²) in [5, 5.41) is 7.22. The van der Waals surface area contributed by atoms with Crippen molar-refractivity contribution in [1.29, 1.82) is 0 Å². The summed E-state index contributed by atoms with van der Waals surface area (Å²) in [4.78, 5) is 24.2. The van der Waals surface area contributed by atoms with Gasteiger partial charge < -0.3 is 10.2 Å². The van der Waals surface area contributed by atoms with Gasteiger partial charge in [-0.15, -0.1) is 0 Å². The number of pyridine rings is 1. The van der Waals surface area contributed by atoms with Crippen LogP contribution in [0.1, 0.15) is 41.0 Å². The molecule has 2 bridgehead atoms. The fourth-order valence-corrected chi connectivity index (χ4v) is 4.79. The first kappa shape index (κ1) is 16.6. The summed E-state index contributed by atoms with van der Waals surface area (Å²) >= 11 is 0. The highest BCUT2D eigenvalue weighted by Gasteiger charge is 2.54. The number of aromatic nitrogens is 4. The fraction of sp³-hybridized carbons (Fsp3) is 0.333. The van der Waals surface area contributed by atoms with Crippen LogP contribution in [-0.4, -0.2) is 38.1 Å². The van der Waals surface area contributed by atoms with Gasteiger partial charge in [-0.1, -0.05) is 6.58 Å². The fourth-order valence-electron chi connectivity index (χ4n) is 4.79. The van der Waals surface area contributed by atoms with Gasteiger partial charge in [-0.05, 0) is 42.9 Å². The Morgan fingerprint density at radius 2 is 2.21 bits per heavy atom. The number of nitrogens with one attached hydrogen (secondary N) is 1. The maximum Gasteiger partial charge on any atom is 0.257 e. The van der Waals surface area contributed by atoms with Crippen molar-refractivity contribution in [3.05, 3.63) is 59.9 Å². The van der Waals surface area contributed by atoms with Crippen LogP contribution in [-0.2, 0) is 0 Å². The molecule has 3 aromatic heterocycles. The molecule has 4 atom stereocenters. The average Bonchev–Trinajstić information content (AvgIpc) is 3.18. The highest BCUT2D eigenvalue weighted by Crippen LogP contribution is 2.58. The molecule has 29 heavy (non-hydrogen) atoms. The minimum absolute atomic E-state index is 0.0152. The van der Waals surface area contributed by atoms with Crippen LogP contribution in [0.3, 0.4) is 0 Å². The van der Waals surface area contributed by atoms with E-state index in [1.54, 1.807) is 10.6 Å². The first-order chi connectivity index (χ1) is 14.0. The summed E-state index contributed by atoms with van der Waals surface area (Å²) in [6, 6.07) is 3.07. The number of carbonyl (C=O) groups excluding carboxylic acids is 1. The third-order valence-corrected chi connectivity index (χ3v) is 6.42. The molecule has 8 heteroatoms. The second-order valence-corrected chi connectivity index (χ2v) is 8.18. The van der Waals surface area contributed by atoms with Gasteiger partial charge in [-0.3, -0.25) is 9.78 Å². The number of hydrogen-bond acceptors (Lipinski definition) is 5. The molecule has 5 heterocycles. The van der Waals surface area contributed by atoms with Gasteiger partial charge in [-0.25, -0.2) is 13.9 Å². The Morgan fingerprint density at radius 3 is 3.07 bits per heavy atom. The van der Waals surface area contributed by atoms with Gasteiger partial charge in [0.05, 0.1) is 30.2 Å². The van der Waals surface area contributed by atoms with Crippen molar-refractivity contribution < 1.29 is 9.18 Å². The molecule has 0 unspecified atom stereocenters. The van der Waals surface area contributed by atoms with E-state index in [0.717, 1.165) is 24.3 Å². The molecule has 1 saturated carbocycles. The molecule has 0 radical (unpaired) electrons.